The van der Waals surface area contributed by atoms with E-state index in [1.807, 2.05) is 56.0 Å². The highest BCUT2D eigenvalue weighted by atomic mass is 16.2. The maximum Gasteiger partial charge on any atom is 0.278 e. The number of carbonyl (C=O) groups is 3. The number of anilines is 1. The van der Waals surface area contributed by atoms with Gasteiger partial charge < -0.3 is 10.2 Å². The first-order valence-corrected chi connectivity index (χ1v) is 10.1. The second kappa shape index (κ2) is 8.95. The summed E-state index contributed by atoms with van der Waals surface area (Å²) >= 11 is 0. The molecule has 0 spiro atoms. The molecule has 2 aromatic carbocycles. The maximum atomic E-state index is 13.3. The van der Waals surface area contributed by atoms with Crippen LogP contribution in [0, 0.1) is 0 Å². The first-order valence-electron chi connectivity index (χ1n) is 10.1. The summed E-state index contributed by atoms with van der Waals surface area (Å²) in [5, 5.41) is 2.72. The van der Waals surface area contributed by atoms with Crippen LogP contribution in [0.1, 0.15) is 38.8 Å². The van der Waals surface area contributed by atoms with Crippen LogP contribution in [-0.4, -0.2) is 40.1 Å². The predicted octanol–water partition coefficient (Wildman–Crippen LogP) is 3.66. The van der Waals surface area contributed by atoms with E-state index in [2.05, 4.69) is 5.32 Å². The van der Waals surface area contributed by atoms with Gasteiger partial charge in [-0.05, 0) is 44.0 Å². The van der Waals surface area contributed by atoms with Gasteiger partial charge in [0.15, 0.2) is 0 Å². The fraction of sp³-hybridized carbons (Fsp3) is 0.292. The Morgan fingerprint density at radius 2 is 1.63 bits per heavy atom. The van der Waals surface area contributed by atoms with Crippen molar-refractivity contribution in [3.8, 4) is 0 Å². The molecular formula is C24H27N3O3. The average Bonchev–Trinajstić information content (AvgIpc) is 2.97. The number of hydrogen-bond acceptors (Lipinski definition) is 4. The van der Waals surface area contributed by atoms with Crippen molar-refractivity contribution in [1.82, 2.24) is 9.80 Å². The molecule has 0 aliphatic carbocycles. The summed E-state index contributed by atoms with van der Waals surface area (Å²) in [5.41, 5.74) is 3.19. The van der Waals surface area contributed by atoms with Gasteiger partial charge in [0.25, 0.3) is 11.8 Å². The molecule has 30 heavy (non-hydrogen) atoms. The Balaban J connectivity index is 2.06. The Morgan fingerprint density at radius 1 is 1.00 bits per heavy atom. The summed E-state index contributed by atoms with van der Waals surface area (Å²) in [6.07, 6.45) is 0. The van der Waals surface area contributed by atoms with E-state index in [0.29, 0.717) is 35.6 Å². The molecule has 0 atom stereocenters. The lowest BCUT2D eigenvalue weighted by Crippen LogP contribution is -2.39. The van der Waals surface area contributed by atoms with E-state index in [1.165, 1.54) is 11.8 Å². The molecule has 1 N–H and O–H groups in total. The van der Waals surface area contributed by atoms with Crippen LogP contribution in [0.3, 0.4) is 0 Å². The number of likely N-dealkylation sites (N-methyl/N-ethyl adjacent to an activating group) is 1. The molecule has 0 bridgehead atoms. The van der Waals surface area contributed by atoms with Gasteiger partial charge in [-0.1, -0.05) is 42.5 Å². The number of amides is 3. The van der Waals surface area contributed by atoms with Crippen molar-refractivity contribution in [2.75, 3.05) is 11.9 Å². The van der Waals surface area contributed by atoms with Crippen LogP contribution in [0.5, 0.6) is 0 Å². The molecule has 0 fully saturated rings. The van der Waals surface area contributed by atoms with E-state index in [0.717, 1.165) is 5.56 Å². The average molecular weight is 405 g/mol. The molecule has 156 valence electrons. The van der Waals surface area contributed by atoms with Gasteiger partial charge in [-0.25, -0.2) is 0 Å². The molecule has 6 nitrogen and oxygen atoms in total. The summed E-state index contributed by atoms with van der Waals surface area (Å²) in [5.74, 6) is -0.724. The van der Waals surface area contributed by atoms with Gasteiger partial charge in [0.1, 0.15) is 5.70 Å². The fourth-order valence-electron chi connectivity index (χ4n) is 3.63. The van der Waals surface area contributed by atoms with Crippen LogP contribution in [0.25, 0.3) is 5.57 Å². The molecule has 6 heteroatoms. The van der Waals surface area contributed by atoms with Crippen molar-refractivity contribution < 1.29 is 14.4 Å². The molecule has 0 saturated carbocycles. The van der Waals surface area contributed by atoms with E-state index in [9.17, 15) is 14.4 Å². The number of benzene rings is 2. The zero-order valence-electron chi connectivity index (χ0n) is 17.8. The number of carbonyl (C=O) groups excluding carboxylic acids is 3. The molecule has 1 heterocycles. The van der Waals surface area contributed by atoms with Gasteiger partial charge in [0.05, 0.1) is 5.57 Å². The van der Waals surface area contributed by atoms with Crippen LogP contribution < -0.4 is 5.32 Å². The monoisotopic (exact) mass is 405 g/mol. The van der Waals surface area contributed by atoms with Crippen LogP contribution in [0.15, 0.2) is 60.3 Å². The molecule has 0 aromatic heterocycles. The Morgan fingerprint density at radius 3 is 2.17 bits per heavy atom. The lowest BCUT2D eigenvalue weighted by molar-refractivity contribution is -0.139. The molecule has 3 rings (SSSR count). The SMILES string of the molecule is CCN(Cc1ccccc1)C1=C(c2ccc(NC(C)=O)cc2)C(=O)N(C(C)C)C1=O. The molecule has 0 saturated heterocycles. The Hall–Kier alpha value is -3.41. The van der Waals surface area contributed by atoms with Crippen molar-refractivity contribution in [1.29, 1.82) is 0 Å². The van der Waals surface area contributed by atoms with E-state index in [-0.39, 0.29) is 23.8 Å². The third kappa shape index (κ3) is 4.27. The topological polar surface area (TPSA) is 69.7 Å². The molecule has 1 aliphatic rings. The van der Waals surface area contributed by atoms with Gasteiger partial charge >= 0.3 is 0 Å². The van der Waals surface area contributed by atoms with Gasteiger partial charge in [0, 0.05) is 31.7 Å². The molecule has 0 radical (unpaired) electrons. The van der Waals surface area contributed by atoms with E-state index < -0.39 is 0 Å². The largest absolute Gasteiger partial charge is 0.362 e. The first kappa shape index (κ1) is 21.3. The minimum absolute atomic E-state index is 0.166. The van der Waals surface area contributed by atoms with Crippen LogP contribution in [0.2, 0.25) is 0 Å². The minimum Gasteiger partial charge on any atom is -0.362 e. The molecule has 1 aliphatic heterocycles. The minimum atomic E-state index is -0.288. The van der Waals surface area contributed by atoms with Gasteiger partial charge in [-0.2, -0.15) is 0 Å². The molecular weight excluding hydrogens is 378 g/mol. The standard InChI is InChI=1S/C24H27N3O3/c1-5-26(15-18-9-7-6-8-10-18)22-21(23(29)27(16(2)3)24(22)30)19-11-13-20(14-12-19)25-17(4)28/h6-14,16H,5,15H2,1-4H3,(H,25,28). The number of nitrogens with one attached hydrogen (secondary N) is 1. The Labute approximate surface area is 177 Å². The maximum absolute atomic E-state index is 13.3. The van der Waals surface area contributed by atoms with Crippen molar-refractivity contribution in [3.63, 3.8) is 0 Å². The van der Waals surface area contributed by atoms with E-state index in [4.69, 9.17) is 0 Å². The highest BCUT2D eigenvalue weighted by Gasteiger charge is 2.42. The molecule has 0 unspecified atom stereocenters. The van der Waals surface area contributed by atoms with Crippen LogP contribution in [0.4, 0.5) is 5.69 Å². The number of imide groups is 1. The van der Waals surface area contributed by atoms with Crippen LogP contribution in [-0.2, 0) is 20.9 Å². The third-order valence-corrected chi connectivity index (χ3v) is 5.02. The second-order valence-electron chi connectivity index (χ2n) is 7.56. The third-order valence-electron chi connectivity index (χ3n) is 5.02. The second-order valence-corrected chi connectivity index (χ2v) is 7.56. The van der Waals surface area contributed by atoms with Gasteiger partial charge in [-0.3, -0.25) is 19.3 Å². The summed E-state index contributed by atoms with van der Waals surface area (Å²) in [4.78, 5) is 41.1. The lowest BCUT2D eigenvalue weighted by atomic mass is 10.0. The first-order chi connectivity index (χ1) is 14.3. The Bertz CT molecular complexity index is 979. The number of hydrogen-bond donors (Lipinski definition) is 1. The highest BCUT2D eigenvalue weighted by molar-refractivity contribution is 6.35. The number of rotatable bonds is 7. The zero-order chi connectivity index (χ0) is 21.8. The van der Waals surface area contributed by atoms with Crippen molar-refractivity contribution in [2.45, 2.75) is 40.3 Å². The summed E-state index contributed by atoms with van der Waals surface area (Å²) < 4.78 is 0. The predicted molar refractivity (Wildman–Crippen MR) is 117 cm³/mol. The molecule has 2 aromatic rings. The van der Waals surface area contributed by atoms with Crippen molar-refractivity contribution in [3.05, 3.63) is 71.4 Å². The van der Waals surface area contributed by atoms with Crippen molar-refractivity contribution in [2.24, 2.45) is 0 Å². The summed E-state index contributed by atoms with van der Waals surface area (Å²) in [6.45, 7) is 8.21. The number of nitrogens with zero attached hydrogens (tertiary/aromatic N) is 2. The highest BCUT2D eigenvalue weighted by Crippen LogP contribution is 2.34. The summed E-state index contributed by atoms with van der Waals surface area (Å²) in [7, 11) is 0. The summed E-state index contributed by atoms with van der Waals surface area (Å²) in [6, 6.07) is 16.7. The van der Waals surface area contributed by atoms with Crippen molar-refractivity contribution >= 4 is 29.0 Å². The van der Waals surface area contributed by atoms with E-state index >= 15 is 0 Å². The fourth-order valence-corrected chi connectivity index (χ4v) is 3.63. The quantitative estimate of drug-likeness (QED) is 0.714. The normalized spacial score (nSPS) is 14.0. The van der Waals surface area contributed by atoms with Crippen LogP contribution >= 0.6 is 0 Å². The smallest absolute Gasteiger partial charge is 0.278 e. The van der Waals surface area contributed by atoms with Gasteiger partial charge in [0.2, 0.25) is 5.91 Å². The molecule has 3 amide bonds. The van der Waals surface area contributed by atoms with E-state index in [1.54, 1.807) is 24.3 Å². The lowest BCUT2D eigenvalue weighted by Gasteiger charge is -2.25. The zero-order valence-corrected chi connectivity index (χ0v) is 17.8. The van der Waals surface area contributed by atoms with Gasteiger partial charge in [-0.15, -0.1) is 0 Å². The Kier molecular flexibility index (Phi) is 6.35.